The molecule has 0 saturated carbocycles. The lowest BCUT2D eigenvalue weighted by Gasteiger charge is -2.05. The summed E-state index contributed by atoms with van der Waals surface area (Å²) in [5, 5.41) is 0. The second-order valence-electron chi connectivity index (χ2n) is 3.63. The first-order chi connectivity index (χ1) is 6.93. The fourth-order valence-electron chi connectivity index (χ4n) is 1.44. The average molecular weight is 189 g/mol. The normalized spacial score (nSPS) is 16.2. The topological polar surface area (TPSA) is 12.4 Å². The molecule has 0 bridgehead atoms. The third-order valence-corrected chi connectivity index (χ3v) is 2.32. The molecule has 0 amide bonds. The molecule has 0 atom stereocenters. The Morgan fingerprint density at radius 1 is 1.50 bits per heavy atom. The van der Waals surface area contributed by atoms with Crippen molar-refractivity contribution in [2.45, 2.75) is 45.4 Å². The Balaban J connectivity index is 2.24. The van der Waals surface area contributed by atoms with Gasteiger partial charge in [-0.1, -0.05) is 31.3 Å². The fraction of sp³-hybridized carbons (Fsp3) is 0.615. The van der Waals surface area contributed by atoms with Crippen LogP contribution < -0.4 is 0 Å². The third kappa shape index (κ3) is 4.87. The van der Waals surface area contributed by atoms with E-state index in [1.165, 1.54) is 37.7 Å². The Hall–Kier alpha value is -1.03. The maximum Gasteiger partial charge on any atom is 0.0714 e. The highest BCUT2D eigenvalue weighted by Crippen LogP contribution is 2.15. The maximum atomic E-state index is 4.22. The van der Waals surface area contributed by atoms with Crippen molar-refractivity contribution < 1.29 is 0 Å². The van der Waals surface area contributed by atoms with Gasteiger partial charge in [0.2, 0.25) is 0 Å². The molecule has 0 fully saturated rings. The molecule has 0 aromatic carbocycles. The molecule has 76 valence electrons. The van der Waals surface area contributed by atoms with E-state index in [9.17, 15) is 0 Å². The molecule has 1 rings (SSSR count). The van der Waals surface area contributed by atoms with Crippen LogP contribution in [0.3, 0.4) is 0 Å². The summed E-state index contributed by atoms with van der Waals surface area (Å²) in [6.45, 7) is 3.10. The van der Waals surface area contributed by atoms with Crippen molar-refractivity contribution in [1.29, 1.82) is 0 Å². The van der Waals surface area contributed by atoms with Crippen molar-refractivity contribution in [2.24, 2.45) is 4.99 Å². The molecule has 0 heterocycles. The van der Waals surface area contributed by atoms with Gasteiger partial charge in [-0.05, 0) is 37.7 Å². The molecule has 1 aliphatic carbocycles. The van der Waals surface area contributed by atoms with Gasteiger partial charge in [-0.2, -0.15) is 0 Å². The molecule has 0 N–H and O–H groups in total. The smallest absolute Gasteiger partial charge is 0.0714 e. The lowest BCUT2D eigenvalue weighted by molar-refractivity contribution is 0.715. The Bertz CT molecular complexity index is 263. The van der Waals surface area contributed by atoms with Crippen LogP contribution in [0.15, 0.2) is 16.6 Å². The molecule has 0 unspecified atom stereocenters. The zero-order valence-electron chi connectivity index (χ0n) is 9.05. The predicted molar refractivity (Wildman–Crippen MR) is 62.6 cm³/mol. The molecule has 0 aromatic heterocycles. The number of unbranched alkanes of at least 4 members (excludes halogenated alkanes) is 1. The molecule has 0 radical (unpaired) electrons. The highest BCUT2D eigenvalue weighted by molar-refractivity contribution is 5.79. The van der Waals surface area contributed by atoms with Gasteiger partial charge in [-0.3, -0.25) is 4.99 Å². The van der Waals surface area contributed by atoms with Gasteiger partial charge in [0.15, 0.2) is 0 Å². The fourth-order valence-corrected chi connectivity index (χ4v) is 1.44. The van der Waals surface area contributed by atoms with Crippen molar-refractivity contribution in [3.63, 3.8) is 0 Å². The van der Waals surface area contributed by atoms with Gasteiger partial charge in [0.05, 0.1) is 6.21 Å². The summed E-state index contributed by atoms with van der Waals surface area (Å²) in [5.74, 6) is 6.16. The van der Waals surface area contributed by atoms with Gasteiger partial charge in [-0.15, -0.1) is 0 Å². The minimum atomic E-state index is 0.921. The number of nitrogens with zero attached hydrogens (tertiary/aromatic N) is 1. The van der Waals surface area contributed by atoms with Crippen LogP contribution in [0.2, 0.25) is 0 Å². The van der Waals surface area contributed by atoms with Crippen LogP contribution in [-0.2, 0) is 0 Å². The van der Waals surface area contributed by atoms with E-state index in [2.05, 4.69) is 29.8 Å². The van der Waals surface area contributed by atoms with Crippen molar-refractivity contribution >= 4 is 6.21 Å². The second-order valence-corrected chi connectivity index (χ2v) is 3.63. The van der Waals surface area contributed by atoms with Crippen LogP contribution in [0.1, 0.15) is 45.4 Å². The highest BCUT2D eigenvalue weighted by atomic mass is 14.7. The molecule has 1 heteroatoms. The Kier molecular flexibility index (Phi) is 5.82. The van der Waals surface area contributed by atoms with Crippen LogP contribution in [0.25, 0.3) is 0 Å². The number of rotatable bonds is 3. The summed E-state index contributed by atoms with van der Waals surface area (Å²) < 4.78 is 0. The van der Waals surface area contributed by atoms with Crippen LogP contribution >= 0.6 is 0 Å². The SMILES string of the molecule is CCCCN=CC#CC1=CCCCC1. The van der Waals surface area contributed by atoms with Crippen molar-refractivity contribution in [3.05, 3.63) is 11.6 Å². The first-order valence-corrected chi connectivity index (χ1v) is 5.62. The molecule has 0 aromatic rings. The summed E-state index contributed by atoms with van der Waals surface area (Å²) in [4.78, 5) is 4.22. The predicted octanol–water partition coefficient (Wildman–Crippen LogP) is 3.36. The standard InChI is InChI=1S/C13H19N/c1-2-3-11-14-12-7-10-13-8-5-4-6-9-13/h8,12H,2-6,9,11H2,1H3. The Labute approximate surface area is 87.3 Å². The maximum absolute atomic E-state index is 4.22. The number of hydrogen-bond acceptors (Lipinski definition) is 1. The van der Waals surface area contributed by atoms with E-state index in [4.69, 9.17) is 0 Å². The lowest BCUT2D eigenvalue weighted by atomic mass is 10.0. The third-order valence-electron chi connectivity index (χ3n) is 2.32. The molecule has 0 saturated heterocycles. The van der Waals surface area contributed by atoms with Gasteiger partial charge in [0.25, 0.3) is 0 Å². The quantitative estimate of drug-likeness (QED) is 0.367. The van der Waals surface area contributed by atoms with Crippen molar-refractivity contribution in [2.75, 3.05) is 6.54 Å². The summed E-state index contributed by atoms with van der Waals surface area (Å²) in [7, 11) is 0. The minimum Gasteiger partial charge on any atom is -0.284 e. The first kappa shape index (κ1) is 11.0. The summed E-state index contributed by atoms with van der Waals surface area (Å²) in [6.07, 6.45) is 11.4. The zero-order chi connectivity index (χ0) is 10.1. The molecular formula is C13H19N. The zero-order valence-corrected chi connectivity index (χ0v) is 9.05. The Morgan fingerprint density at radius 3 is 3.14 bits per heavy atom. The van der Waals surface area contributed by atoms with E-state index < -0.39 is 0 Å². The summed E-state index contributed by atoms with van der Waals surface area (Å²) in [5.41, 5.74) is 1.30. The molecule has 0 spiro atoms. The second kappa shape index (κ2) is 7.38. The molecule has 0 aliphatic heterocycles. The average Bonchev–Trinajstić information content (AvgIpc) is 2.25. The lowest BCUT2D eigenvalue weighted by Crippen LogP contribution is -1.88. The summed E-state index contributed by atoms with van der Waals surface area (Å²) in [6, 6.07) is 0. The molecule has 1 nitrogen and oxygen atoms in total. The number of hydrogen-bond donors (Lipinski definition) is 0. The van der Waals surface area contributed by atoms with Crippen LogP contribution in [0.5, 0.6) is 0 Å². The van der Waals surface area contributed by atoms with Crippen molar-refractivity contribution in [1.82, 2.24) is 0 Å². The summed E-state index contributed by atoms with van der Waals surface area (Å²) >= 11 is 0. The van der Waals surface area contributed by atoms with E-state index in [0.29, 0.717) is 0 Å². The van der Waals surface area contributed by atoms with Gasteiger partial charge < -0.3 is 0 Å². The highest BCUT2D eigenvalue weighted by Gasteiger charge is 1.98. The van der Waals surface area contributed by atoms with Crippen molar-refractivity contribution in [3.8, 4) is 11.8 Å². The van der Waals surface area contributed by atoms with Crippen LogP contribution in [0, 0.1) is 11.8 Å². The number of aliphatic imine (C=N–C) groups is 1. The largest absolute Gasteiger partial charge is 0.284 e. The van der Waals surface area contributed by atoms with Gasteiger partial charge in [0, 0.05) is 6.54 Å². The van der Waals surface area contributed by atoms with E-state index in [0.717, 1.165) is 13.0 Å². The number of allylic oxidation sites excluding steroid dienone is 2. The Morgan fingerprint density at radius 2 is 2.43 bits per heavy atom. The van der Waals surface area contributed by atoms with Crippen LogP contribution in [0.4, 0.5) is 0 Å². The van der Waals surface area contributed by atoms with Gasteiger partial charge in [-0.25, -0.2) is 0 Å². The van der Waals surface area contributed by atoms with E-state index >= 15 is 0 Å². The minimum absolute atomic E-state index is 0.921. The van der Waals surface area contributed by atoms with Gasteiger partial charge in [0.1, 0.15) is 0 Å². The van der Waals surface area contributed by atoms with E-state index in [1.54, 1.807) is 6.21 Å². The van der Waals surface area contributed by atoms with Gasteiger partial charge >= 0.3 is 0 Å². The first-order valence-electron chi connectivity index (χ1n) is 5.62. The molecule has 1 aliphatic rings. The van der Waals surface area contributed by atoms with Crippen LogP contribution in [-0.4, -0.2) is 12.8 Å². The van der Waals surface area contributed by atoms with E-state index in [1.807, 2.05) is 0 Å². The van der Waals surface area contributed by atoms with E-state index in [-0.39, 0.29) is 0 Å². The molecule has 14 heavy (non-hydrogen) atoms. The molecular weight excluding hydrogens is 170 g/mol. The monoisotopic (exact) mass is 189 g/mol.